The van der Waals surface area contributed by atoms with Crippen molar-refractivity contribution in [1.82, 2.24) is 14.8 Å². The monoisotopic (exact) mass is 342 g/mol. The van der Waals surface area contributed by atoms with Crippen LogP contribution in [0.25, 0.3) is 0 Å². The van der Waals surface area contributed by atoms with Crippen molar-refractivity contribution in [3.05, 3.63) is 41.2 Å². The van der Waals surface area contributed by atoms with E-state index in [1.165, 1.54) is 24.0 Å². The Morgan fingerprint density at radius 3 is 2.96 bits per heavy atom. The van der Waals surface area contributed by atoms with Crippen LogP contribution >= 0.6 is 0 Å². The lowest BCUT2D eigenvalue weighted by Gasteiger charge is -2.26. The molecule has 0 saturated carbocycles. The number of anilines is 1. The van der Waals surface area contributed by atoms with E-state index in [1.807, 2.05) is 7.05 Å². The molecule has 2 atom stereocenters. The second kappa shape index (κ2) is 6.42. The molecule has 0 N–H and O–H groups in total. The van der Waals surface area contributed by atoms with Gasteiger partial charge in [-0.3, -0.25) is 4.57 Å². The molecule has 0 amide bonds. The van der Waals surface area contributed by atoms with Crippen LogP contribution in [0.2, 0.25) is 0 Å². The standard InChI is InChI=1S/C19H26N4O2/c1-22(12-15-9-8-14-6-4-5-7-16(14)15)18-21-20-17(23(18)2)19(24-3)10-11-25-13-19/h4-7,15H,8-13H2,1-3H3. The highest BCUT2D eigenvalue weighted by Crippen LogP contribution is 2.36. The number of aryl methyl sites for hydroxylation is 1. The van der Waals surface area contributed by atoms with E-state index in [1.54, 1.807) is 7.11 Å². The summed E-state index contributed by atoms with van der Waals surface area (Å²) in [6.45, 7) is 2.18. The van der Waals surface area contributed by atoms with Crippen molar-refractivity contribution in [2.45, 2.75) is 30.8 Å². The number of methoxy groups -OCH3 is 1. The molecule has 1 saturated heterocycles. The van der Waals surface area contributed by atoms with Gasteiger partial charge in [-0.25, -0.2) is 0 Å². The topological polar surface area (TPSA) is 52.4 Å². The lowest BCUT2D eigenvalue weighted by Crippen LogP contribution is -2.33. The zero-order chi connectivity index (χ0) is 17.4. The minimum atomic E-state index is -0.471. The van der Waals surface area contributed by atoms with Crippen molar-refractivity contribution in [2.24, 2.45) is 7.05 Å². The van der Waals surface area contributed by atoms with Crippen LogP contribution in [-0.2, 0) is 28.5 Å². The molecule has 0 spiro atoms. The van der Waals surface area contributed by atoms with E-state index in [-0.39, 0.29) is 0 Å². The minimum absolute atomic E-state index is 0.471. The Bertz CT molecular complexity index is 752. The minimum Gasteiger partial charge on any atom is -0.378 e. The van der Waals surface area contributed by atoms with E-state index in [2.05, 4.69) is 51.0 Å². The number of aromatic nitrogens is 3. The van der Waals surface area contributed by atoms with E-state index >= 15 is 0 Å². The number of ether oxygens (including phenoxy) is 2. The highest BCUT2D eigenvalue weighted by atomic mass is 16.5. The molecule has 1 fully saturated rings. The molecule has 6 heteroatoms. The fraction of sp³-hybridized carbons (Fsp3) is 0.579. The third kappa shape index (κ3) is 2.73. The van der Waals surface area contributed by atoms with Crippen LogP contribution in [0.5, 0.6) is 0 Å². The first-order valence-electron chi connectivity index (χ1n) is 8.96. The van der Waals surface area contributed by atoms with Gasteiger partial charge in [-0.2, -0.15) is 0 Å². The molecule has 25 heavy (non-hydrogen) atoms. The Labute approximate surface area is 148 Å². The van der Waals surface area contributed by atoms with Gasteiger partial charge in [0.2, 0.25) is 5.95 Å². The maximum atomic E-state index is 5.77. The van der Waals surface area contributed by atoms with E-state index in [9.17, 15) is 0 Å². The summed E-state index contributed by atoms with van der Waals surface area (Å²) in [4.78, 5) is 2.21. The van der Waals surface area contributed by atoms with E-state index in [0.29, 0.717) is 19.1 Å². The normalized spacial score (nSPS) is 25.3. The highest BCUT2D eigenvalue weighted by Gasteiger charge is 2.42. The van der Waals surface area contributed by atoms with Crippen molar-refractivity contribution in [2.75, 3.05) is 38.8 Å². The summed E-state index contributed by atoms with van der Waals surface area (Å²) in [6, 6.07) is 8.78. The fourth-order valence-electron chi connectivity index (χ4n) is 4.27. The summed E-state index contributed by atoms with van der Waals surface area (Å²) in [5.74, 6) is 2.27. The van der Waals surface area contributed by atoms with Crippen LogP contribution in [0.3, 0.4) is 0 Å². The maximum absolute atomic E-state index is 5.77. The van der Waals surface area contributed by atoms with Gasteiger partial charge in [-0.05, 0) is 24.0 Å². The summed E-state index contributed by atoms with van der Waals surface area (Å²) < 4.78 is 13.4. The third-order valence-electron chi connectivity index (χ3n) is 5.73. The van der Waals surface area contributed by atoms with Crippen molar-refractivity contribution in [3.63, 3.8) is 0 Å². The van der Waals surface area contributed by atoms with Crippen molar-refractivity contribution < 1.29 is 9.47 Å². The first-order valence-corrected chi connectivity index (χ1v) is 8.96. The predicted octanol–water partition coefficient (Wildman–Crippen LogP) is 2.24. The Balaban J connectivity index is 1.55. The smallest absolute Gasteiger partial charge is 0.226 e. The second-order valence-electron chi connectivity index (χ2n) is 7.20. The molecule has 6 nitrogen and oxygen atoms in total. The number of fused-ring (bicyclic) bond motifs is 1. The second-order valence-corrected chi connectivity index (χ2v) is 7.20. The summed E-state index contributed by atoms with van der Waals surface area (Å²) >= 11 is 0. The average molecular weight is 342 g/mol. The van der Waals surface area contributed by atoms with Gasteiger partial charge in [0.1, 0.15) is 0 Å². The van der Waals surface area contributed by atoms with Gasteiger partial charge < -0.3 is 14.4 Å². The zero-order valence-corrected chi connectivity index (χ0v) is 15.2. The van der Waals surface area contributed by atoms with Crippen molar-refractivity contribution >= 4 is 5.95 Å². The molecule has 2 aliphatic rings. The Morgan fingerprint density at radius 2 is 2.20 bits per heavy atom. The van der Waals surface area contributed by atoms with E-state index in [4.69, 9.17) is 9.47 Å². The molecule has 4 rings (SSSR count). The number of benzene rings is 1. The lowest BCUT2D eigenvalue weighted by molar-refractivity contribution is -0.0302. The van der Waals surface area contributed by atoms with Crippen molar-refractivity contribution in [3.8, 4) is 0 Å². The number of rotatable bonds is 5. The SMILES string of the molecule is COC1(c2nnc(N(C)CC3CCc4ccccc43)n2C)CCOC1. The molecule has 1 aromatic heterocycles. The maximum Gasteiger partial charge on any atom is 0.226 e. The molecule has 0 bridgehead atoms. The average Bonchev–Trinajstić information content (AvgIpc) is 3.34. The summed E-state index contributed by atoms with van der Waals surface area (Å²) in [7, 11) is 5.84. The molecule has 1 aliphatic carbocycles. The summed E-state index contributed by atoms with van der Waals surface area (Å²) in [6.07, 6.45) is 3.18. The molecule has 134 valence electrons. The molecule has 2 heterocycles. The van der Waals surface area contributed by atoms with Crippen molar-refractivity contribution in [1.29, 1.82) is 0 Å². The first kappa shape index (κ1) is 16.5. The van der Waals surface area contributed by atoms with Gasteiger partial charge in [-0.1, -0.05) is 24.3 Å². The third-order valence-corrected chi connectivity index (χ3v) is 5.73. The molecular weight excluding hydrogens is 316 g/mol. The van der Waals surface area contributed by atoms with Crippen LogP contribution in [-0.4, -0.2) is 48.7 Å². The van der Waals surface area contributed by atoms with Gasteiger partial charge in [0, 0.05) is 40.1 Å². The van der Waals surface area contributed by atoms with Gasteiger partial charge in [0.05, 0.1) is 13.2 Å². The van der Waals surface area contributed by atoms with E-state index < -0.39 is 5.60 Å². The molecule has 1 aromatic carbocycles. The number of hydrogen-bond donors (Lipinski definition) is 0. The molecule has 2 aromatic rings. The Morgan fingerprint density at radius 1 is 1.36 bits per heavy atom. The molecule has 0 radical (unpaired) electrons. The van der Waals surface area contributed by atoms with E-state index in [0.717, 1.165) is 24.7 Å². The van der Waals surface area contributed by atoms with Crippen LogP contribution < -0.4 is 4.90 Å². The lowest BCUT2D eigenvalue weighted by atomic mass is 10.0. The highest BCUT2D eigenvalue weighted by molar-refractivity contribution is 5.38. The molecule has 1 aliphatic heterocycles. The fourth-order valence-corrected chi connectivity index (χ4v) is 4.27. The Hall–Kier alpha value is -1.92. The first-order chi connectivity index (χ1) is 12.1. The number of likely N-dealkylation sites (N-methyl/N-ethyl adjacent to an activating group) is 1. The van der Waals surface area contributed by atoms with Crippen LogP contribution in [0.15, 0.2) is 24.3 Å². The van der Waals surface area contributed by atoms with Crippen LogP contribution in [0.1, 0.15) is 35.7 Å². The van der Waals surface area contributed by atoms with Crippen LogP contribution in [0.4, 0.5) is 5.95 Å². The van der Waals surface area contributed by atoms with Gasteiger partial charge in [-0.15, -0.1) is 10.2 Å². The zero-order valence-electron chi connectivity index (χ0n) is 15.2. The Kier molecular flexibility index (Phi) is 4.25. The van der Waals surface area contributed by atoms with Gasteiger partial charge >= 0.3 is 0 Å². The quantitative estimate of drug-likeness (QED) is 0.834. The van der Waals surface area contributed by atoms with Gasteiger partial charge in [0.15, 0.2) is 11.4 Å². The summed E-state index contributed by atoms with van der Waals surface area (Å²) in [5, 5.41) is 8.90. The number of nitrogens with zero attached hydrogens (tertiary/aromatic N) is 4. The summed E-state index contributed by atoms with van der Waals surface area (Å²) in [5.41, 5.74) is 2.50. The van der Waals surface area contributed by atoms with Gasteiger partial charge in [0.25, 0.3) is 0 Å². The molecular formula is C19H26N4O2. The largest absolute Gasteiger partial charge is 0.378 e. The predicted molar refractivity (Wildman–Crippen MR) is 95.9 cm³/mol. The molecule has 2 unspecified atom stereocenters. The number of hydrogen-bond acceptors (Lipinski definition) is 5. The van der Waals surface area contributed by atoms with Crippen LogP contribution in [0, 0.1) is 0 Å².